The molecular formula is C11H12N2O2S. The van der Waals surface area contributed by atoms with E-state index in [1.165, 1.54) is 11.8 Å². The minimum atomic E-state index is 0.600. The summed E-state index contributed by atoms with van der Waals surface area (Å²) in [5.74, 6) is 1.48. The molecule has 2 rings (SSSR count). The maximum atomic E-state index is 5.40. The van der Waals surface area contributed by atoms with Gasteiger partial charge >= 0.3 is 0 Å². The lowest BCUT2D eigenvalue weighted by atomic mass is 10.1. The van der Waals surface area contributed by atoms with Crippen molar-refractivity contribution in [3.05, 3.63) is 35.7 Å². The van der Waals surface area contributed by atoms with Crippen molar-refractivity contribution in [1.29, 1.82) is 0 Å². The third kappa shape index (κ3) is 2.55. The highest BCUT2D eigenvalue weighted by Gasteiger charge is 2.05. The summed E-state index contributed by atoms with van der Waals surface area (Å²) >= 11 is 1.45. The number of rotatable bonds is 4. The maximum absolute atomic E-state index is 5.40. The van der Waals surface area contributed by atoms with Gasteiger partial charge in [-0.3, -0.25) is 0 Å². The molecule has 0 saturated carbocycles. The number of hydrogen-bond acceptors (Lipinski definition) is 5. The van der Waals surface area contributed by atoms with Crippen molar-refractivity contribution < 1.29 is 9.15 Å². The van der Waals surface area contributed by atoms with Crippen molar-refractivity contribution in [3.63, 3.8) is 0 Å². The van der Waals surface area contributed by atoms with Crippen LogP contribution in [0.1, 0.15) is 11.5 Å². The van der Waals surface area contributed by atoms with Gasteiger partial charge in [-0.05, 0) is 24.0 Å². The van der Waals surface area contributed by atoms with E-state index in [-0.39, 0.29) is 0 Å². The summed E-state index contributed by atoms with van der Waals surface area (Å²) in [6.07, 6.45) is 2.56. The molecule has 4 nitrogen and oxygen atoms in total. The average Bonchev–Trinajstić information content (AvgIpc) is 2.78. The Balaban J connectivity index is 2.08. The minimum absolute atomic E-state index is 0.600. The van der Waals surface area contributed by atoms with E-state index in [2.05, 4.69) is 10.2 Å². The second kappa shape index (κ2) is 5.03. The van der Waals surface area contributed by atoms with E-state index in [0.29, 0.717) is 17.5 Å². The van der Waals surface area contributed by atoms with E-state index < -0.39 is 0 Å². The van der Waals surface area contributed by atoms with E-state index in [1.807, 2.05) is 30.5 Å². The second-order valence-corrected chi connectivity index (χ2v) is 3.95. The van der Waals surface area contributed by atoms with Crippen molar-refractivity contribution in [2.24, 2.45) is 0 Å². The van der Waals surface area contributed by atoms with E-state index in [4.69, 9.17) is 9.15 Å². The third-order valence-corrected chi connectivity index (χ3v) is 2.65. The van der Waals surface area contributed by atoms with Gasteiger partial charge in [-0.1, -0.05) is 23.9 Å². The van der Waals surface area contributed by atoms with Crippen LogP contribution in [-0.4, -0.2) is 23.6 Å². The number of methoxy groups -OCH3 is 1. The standard InChI is InChI=1S/C11H12N2O2S/c1-14-9-5-3-8(4-6-9)7-10-12-13-11(15-10)16-2/h3-6H,7H2,1-2H3. The van der Waals surface area contributed by atoms with Crippen LogP contribution in [0.5, 0.6) is 5.75 Å². The first-order chi connectivity index (χ1) is 7.81. The lowest BCUT2D eigenvalue weighted by Gasteiger charge is -2.00. The van der Waals surface area contributed by atoms with Crippen molar-refractivity contribution in [2.75, 3.05) is 13.4 Å². The van der Waals surface area contributed by atoms with Crippen LogP contribution in [0.3, 0.4) is 0 Å². The van der Waals surface area contributed by atoms with Gasteiger partial charge in [0.25, 0.3) is 5.22 Å². The van der Waals surface area contributed by atoms with Gasteiger partial charge in [0.1, 0.15) is 5.75 Å². The van der Waals surface area contributed by atoms with Gasteiger partial charge in [0.05, 0.1) is 13.5 Å². The van der Waals surface area contributed by atoms with Crippen molar-refractivity contribution in [3.8, 4) is 5.75 Å². The largest absolute Gasteiger partial charge is 0.497 e. The molecule has 1 heterocycles. The minimum Gasteiger partial charge on any atom is -0.497 e. The van der Waals surface area contributed by atoms with Gasteiger partial charge in [0.15, 0.2) is 0 Å². The number of hydrogen-bond donors (Lipinski definition) is 0. The zero-order chi connectivity index (χ0) is 11.4. The number of thioether (sulfide) groups is 1. The zero-order valence-electron chi connectivity index (χ0n) is 9.14. The van der Waals surface area contributed by atoms with E-state index in [0.717, 1.165) is 11.3 Å². The van der Waals surface area contributed by atoms with Crippen LogP contribution < -0.4 is 4.74 Å². The lowest BCUT2D eigenvalue weighted by Crippen LogP contribution is -1.89. The SMILES string of the molecule is COc1ccc(Cc2nnc(SC)o2)cc1. The van der Waals surface area contributed by atoms with Gasteiger partial charge in [0.2, 0.25) is 5.89 Å². The van der Waals surface area contributed by atoms with Gasteiger partial charge in [-0.2, -0.15) is 0 Å². The Morgan fingerprint density at radius 2 is 2.00 bits per heavy atom. The third-order valence-electron chi connectivity index (χ3n) is 2.14. The molecule has 0 spiro atoms. The Bertz CT molecular complexity index is 453. The fourth-order valence-electron chi connectivity index (χ4n) is 1.31. The Morgan fingerprint density at radius 1 is 1.25 bits per heavy atom. The van der Waals surface area contributed by atoms with Crippen LogP contribution in [0.4, 0.5) is 0 Å². The molecule has 0 saturated heterocycles. The Kier molecular flexibility index (Phi) is 3.46. The Morgan fingerprint density at radius 3 is 2.56 bits per heavy atom. The van der Waals surface area contributed by atoms with Gasteiger partial charge < -0.3 is 9.15 Å². The van der Waals surface area contributed by atoms with E-state index >= 15 is 0 Å². The number of ether oxygens (including phenoxy) is 1. The first-order valence-corrected chi connectivity index (χ1v) is 6.03. The van der Waals surface area contributed by atoms with Gasteiger partial charge in [-0.15, -0.1) is 10.2 Å². The van der Waals surface area contributed by atoms with E-state index in [9.17, 15) is 0 Å². The number of nitrogens with zero attached hydrogens (tertiary/aromatic N) is 2. The lowest BCUT2D eigenvalue weighted by molar-refractivity contribution is 0.413. The molecule has 0 unspecified atom stereocenters. The summed E-state index contributed by atoms with van der Waals surface area (Å²) in [5.41, 5.74) is 1.12. The molecule has 0 bridgehead atoms. The molecule has 0 aliphatic carbocycles. The quantitative estimate of drug-likeness (QED) is 0.763. The molecule has 0 radical (unpaired) electrons. The zero-order valence-corrected chi connectivity index (χ0v) is 9.95. The summed E-state index contributed by atoms with van der Waals surface area (Å²) in [7, 11) is 1.65. The summed E-state index contributed by atoms with van der Waals surface area (Å²) in [4.78, 5) is 0. The average molecular weight is 236 g/mol. The van der Waals surface area contributed by atoms with Gasteiger partial charge in [-0.25, -0.2) is 0 Å². The first kappa shape index (κ1) is 11.0. The Labute approximate surface area is 98.0 Å². The molecule has 1 aromatic heterocycles. The topological polar surface area (TPSA) is 48.2 Å². The predicted molar refractivity (Wildman–Crippen MR) is 61.9 cm³/mol. The molecule has 0 fully saturated rings. The fourth-order valence-corrected chi connectivity index (χ4v) is 1.61. The van der Waals surface area contributed by atoms with Crippen molar-refractivity contribution in [2.45, 2.75) is 11.6 Å². The van der Waals surface area contributed by atoms with Crippen LogP contribution in [0, 0.1) is 0 Å². The molecule has 0 atom stereocenters. The number of benzene rings is 1. The maximum Gasteiger partial charge on any atom is 0.276 e. The molecule has 84 valence electrons. The van der Waals surface area contributed by atoms with Crippen LogP contribution in [0.2, 0.25) is 0 Å². The highest BCUT2D eigenvalue weighted by atomic mass is 32.2. The fraction of sp³-hybridized carbons (Fsp3) is 0.273. The van der Waals surface area contributed by atoms with Crippen LogP contribution in [-0.2, 0) is 6.42 Å². The molecule has 0 aliphatic heterocycles. The predicted octanol–water partition coefficient (Wildman–Crippen LogP) is 2.39. The van der Waals surface area contributed by atoms with Crippen LogP contribution in [0.15, 0.2) is 33.9 Å². The van der Waals surface area contributed by atoms with Gasteiger partial charge in [0, 0.05) is 0 Å². The highest BCUT2D eigenvalue weighted by Crippen LogP contribution is 2.16. The monoisotopic (exact) mass is 236 g/mol. The normalized spacial score (nSPS) is 10.4. The highest BCUT2D eigenvalue weighted by molar-refractivity contribution is 7.98. The summed E-state index contributed by atoms with van der Waals surface area (Å²) < 4.78 is 10.5. The molecule has 0 amide bonds. The number of aromatic nitrogens is 2. The molecule has 2 aromatic rings. The molecule has 0 aliphatic rings. The summed E-state index contributed by atoms with van der Waals surface area (Å²) in [6.45, 7) is 0. The molecule has 1 aromatic carbocycles. The molecule has 5 heteroatoms. The smallest absolute Gasteiger partial charge is 0.276 e. The Hall–Kier alpha value is -1.49. The molecular weight excluding hydrogens is 224 g/mol. The summed E-state index contributed by atoms with van der Waals surface area (Å²) in [5, 5.41) is 8.44. The molecule has 16 heavy (non-hydrogen) atoms. The van der Waals surface area contributed by atoms with Crippen molar-refractivity contribution in [1.82, 2.24) is 10.2 Å². The van der Waals surface area contributed by atoms with Crippen LogP contribution in [0.25, 0.3) is 0 Å². The van der Waals surface area contributed by atoms with Crippen LogP contribution >= 0.6 is 11.8 Å². The van der Waals surface area contributed by atoms with Crippen molar-refractivity contribution >= 4 is 11.8 Å². The first-order valence-electron chi connectivity index (χ1n) is 4.81. The summed E-state index contributed by atoms with van der Waals surface area (Å²) in [6, 6.07) is 7.81. The molecule has 0 N–H and O–H groups in total. The second-order valence-electron chi connectivity index (χ2n) is 3.19. The van der Waals surface area contributed by atoms with E-state index in [1.54, 1.807) is 7.11 Å².